The van der Waals surface area contributed by atoms with Gasteiger partial charge in [0.05, 0.1) is 6.54 Å². The summed E-state index contributed by atoms with van der Waals surface area (Å²) < 4.78 is 0.919. The third kappa shape index (κ3) is 6.28. The van der Waals surface area contributed by atoms with E-state index in [4.69, 9.17) is 0 Å². The van der Waals surface area contributed by atoms with Crippen molar-refractivity contribution >= 4 is 39.1 Å². The lowest BCUT2D eigenvalue weighted by Crippen LogP contribution is -2.42. The van der Waals surface area contributed by atoms with Crippen LogP contribution in [0.2, 0.25) is 0 Å². The van der Waals surface area contributed by atoms with Gasteiger partial charge in [0.2, 0.25) is 5.91 Å². The maximum atomic E-state index is 13.3. The number of hydrogen-bond acceptors (Lipinski definition) is 3. The van der Waals surface area contributed by atoms with Gasteiger partial charge >= 0.3 is 0 Å². The van der Waals surface area contributed by atoms with Gasteiger partial charge in [-0.15, -0.1) is 11.3 Å². The molecule has 0 aliphatic heterocycles. The maximum absolute atomic E-state index is 13.3. The van der Waals surface area contributed by atoms with Crippen LogP contribution < -0.4 is 0 Å². The topological polar surface area (TPSA) is 40.6 Å². The smallest absolute Gasteiger partial charge is 0.254 e. The number of halogens is 1. The highest BCUT2D eigenvalue weighted by atomic mass is 79.9. The minimum Gasteiger partial charge on any atom is -0.332 e. The summed E-state index contributed by atoms with van der Waals surface area (Å²) in [6.07, 6.45) is 0.791. The van der Waals surface area contributed by atoms with E-state index in [2.05, 4.69) is 15.9 Å². The van der Waals surface area contributed by atoms with Gasteiger partial charge < -0.3 is 9.80 Å². The van der Waals surface area contributed by atoms with E-state index in [1.165, 1.54) is 0 Å². The summed E-state index contributed by atoms with van der Waals surface area (Å²) in [4.78, 5) is 30.9. The molecular weight excluding hydrogens is 460 g/mol. The fraction of sp³-hybridized carbons (Fsp3) is 0.250. The van der Waals surface area contributed by atoms with E-state index in [9.17, 15) is 9.59 Å². The lowest BCUT2D eigenvalue weighted by molar-refractivity contribution is -0.133. The Morgan fingerprint density at radius 3 is 2.27 bits per heavy atom. The van der Waals surface area contributed by atoms with Crippen molar-refractivity contribution in [1.29, 1.82) is 0 Å². The third-order valence-corrected chi connectivity index (χ3v) is 6.08. The first kappa shape index (κ1) is 22.2. The van der Waals surface area contributed by atoms with Crippen molar-refractivity contribution in [3.05, 3.63) is 92.6 Å². The first-order chi connectivity index (χ1) is 14.6. The Kier molecular flexibility index (Phi) is 8.22. The predicted octanol–water partition coefficient (Wildman–Crippen LogP) is 5.59. The molecule has 156 valence electrons. The standard InChI is InChI=1S/C24H25BrN2O2S/c1-2-14-26(24(29)20-10-12-21(25)13-11-20)18-23(28)27(17-22-9-6-15-30-22)16-19-7-4-3-5-8-19/h3-13,15H,2,14,16-18H2,1H3. The van der Waals surface area contributed by atoms with Crippen LogP contribution in [0.4, 0.5) is 0 Å². The molecule has 4 nitrogen and oxygen atoms in total. The van der Waals surface area contributed by atoms with Gasteiger partial charge in [-0.2, -0.15) is 0 Å². The number of rotatable bonds is 9. The fourth-order valence-electron chi connectivity index (χ4n) is 3.19. The van der Waals surface area contributed by atoms with Crippen molar-refractivity contribution in [3.8, 4) is 0 Å². The number of nitrogens with zero attached hydrogens (tertiary/aromatic N) is 2. The normalized spacial score (nSPS) is 10.6. The highest BCUT2D eigenvalue weighted by Crippen LogP contribution is 2.17. The van der Waals surface area contributed by atoms with Gasteiger partial charge in [-0.1, -0.05) is 59.3 Å². The Labute approximate surface area is 190 Å². The van der Waals surface area contributed by atoms with E-state index in [0.29, 0.717) is 25.2 Å². The van der Waals surface area contributed by atoms with E-state index in [0.717, 1.165) is 21.3 Å². The van der Waals surface area contributed by atoms with E-state index in [1.807, 2.05) is 71.8 Å². The summed E-state index contributed by atoms with van der Waals surface area (Å²) in [5.74, 6) is -0.167. The molecule has 30 heavy (non-hydrogen) atoms. The number of carbonyl (C=O) groups excluding carboxylic acids is 2. The molecule has 6 heteroatoms. The molecule has 0 spiro atoms. The second-order valence-electron chi connectivity index (χ2n) is 7.05. The van der Waals surface area contributed by atoms with Crippen molar-refractivity contribution in [1.82, 2.24) is 9.80 Å². The molecule has 0 fully saturated rings. The lowest BCUT2D eigenvalue weighted by Gasteiger charge is -2.27. The van der Waals surface area contributed by atoms with Crippen LogP contribution in [0.5, 0.6) is 0 Å². The van der Waals surface area contributed by atoms with Gasteiger partial charge in [0.25, 0.3) is 5.91 Å². The SMILES string of the molecule is CCCN(CC(=O)N(Cc1ccccc1)Cc1cccs1)C(=O)c1ccc(Br)cc1. The molecule has 0 saturated carbocycles. The van der Waals surface area contributed by atoms with Crippen LogP contribution in [0.1, 0.15) is 34.1 Å². The lowest BCUT2D eigenvalue weighted by atomic mass is 10.2. The Balaban J connectivity index is 1.76. The number of hydrogen-bond donors (Lipinski definition) is 0. The Hall–Kier alpha value is -2.44. The molecule has 0 aliphatic carbocycles. The highest BCUT2D eigenvalue weighted by Gasteiger charge is 2.22. The van der Waals surface area contributed by atoms with Gasteiger partial charge in [0, 0.05) is 28.0 Å². The molecule has 2 aromatic carbocycles. The second-order valence-corrected chi connectivity index (χ2v) is 9.00. The van der Waals surface area contributed by atoms with Gasteiger partial charge in [0.15, 0.2) is 0 Å². The van der Waals surface area contributed by atoms with Crippen molar-refractivity contribution < 1.29 is 9.59 Å². The summed E-state index contributed by atoms with van der Waals surface area (Å²) in [6.45, 7) is 3.68. The molecule has 3 aromatic rings. The zero-order valence-electron chi connectivity index (χ0n) is 17.0. The molecule has 0 unspecified atom stereocenters. The summed E-state index contributed by atoms with van der Waals surface area (Å²) in [5, 5.41) is 2.01. The van der Waals surface area contributed by atoms with E-state index in [-0.39, 0.29) is 18.4 Å². The second kappa shape index (κ2) is 11.1. The molecule has 0 atom stereocenters. The van der Waals surface area contributed by atoms with Crippen molar-refractivity contribution in [3.63, 3.8) is 0 Å². The molecule has 0 radical (unpaired) electrons. The fourth-order valence-corrected chi connectivity index (χ4v) is 4.17. The van der Waals surface area contributed by atoms with Crippen LogP contribution in [0, 0.1) is 0 Å². The van der Waals surface area contributed by atoms with E-state index >= 15 is 0 Å². The zero-order valence-corrected chi connectivity index (χ0v) is 19.4. The largest absolute Gasteiger partial charge is 0.332 e. The number of benzene rings is 2. The molecule has 0 saturated heterocycles. The monoisotopic (exact) mass is 484 g/mol. The number of amides is 2. The van der Waals surface area contributed by atoms with E-state index < -0.39 is 0 Å². The van der Waals surface area contributed by atoms with Crippen molar-refractivity contribution in [2.75, 3.05) is 13.1 Å². The molecule has 1 heterocycles. The van der Waals surface area contributed by atoms with E-state index in [1.54, 1.807) is 28.4 Å². The summed E-state index contributed by atoms with van der Waals surface area (Å²) >= 11 is 5.03. The molecule has 3 rings (SSSR count). The molecular formula is C24H25BrN2O2S. The van der Waals surface area contributed by atoms with Crippen molar-refractivity contribution in [2.24, 2.45) is 0 Å². The van der Waals surface area contributed by atoms with Gasteiger partial charge in [-0.3, -0.25) is 9.59 Å². The minimum absolute atomic E-state index is 0.0498. The highest BCUT2D eigenvalue weighted by molar-refractivity contribution is 9.10. The van der Waals surface area contributed by atoms with Crippen LogP contribution in [-0.4, -0.2) is 34.7 Å². The maximum Gasteiger partial charge on any atom is 0.254 e. The predicted molar refractivity (Wildman–Crippen MR) is 125 cm³/mol. The quantitative estimate of drug-likeness (QED) is 0.397. The van der Waals surface area contributed by atoms with Crippen LogP contribution in [0.3, 0.4) is 0 Å². The molecule has 0 bridgehead atoms. The Morgan fingerprint density at radius 2 is 1.63 bits per heavy atom. The Bertz CT molecular complexity index is 943. The van der Waals surface area contributed by atoms with Gasteiger partial charge in [-0.05, 0) is 47.7 Å². The van der Waals surface area contributed by atoms with Gasteiger partial charge in [-0.25, -0.2) is 0 Å². The average Bonchev–Trinajstić information content (AvgIpc) is 3.27. The minimum atomic E-state index is -0.117. The van der Waals surface area contributed by atoms with Crippen LogP contribution >= 0.6 is 27.3 Å². The molecule has 1 aromatic heterocycles. The van der Waals surface area contributed by atoms with Crippen LogP contribution in [0.15, 0.2) is 76.6 Å². The summed E-state index contributed by atoms with van der Waals surface area (Å²) in [6, 6.07) is 21.2. The third-order valence-electron chi connectivity index (χ3n) is 4.69. The molecule has 2 amide bonds. The molecule has 0 aliphatic rings. The first-order valence-corrected chi connectivity index (χ1v) is 11.6. The molecule has 0 N–H and O–H groups in total. The van der Waals surface area contributed by atoms with Gasteiger partial charge in [0.1, 0.15) is 6.54 Å². The summed E-state index contributed by atoms with van der Waals surface area (Å²) in [5.41, 5.74) is 1.66. The average molecular weight is 485 g/mol. The Morgan fingerprint density at radius 1 is 0.900 bits per heavy atom. The number of carbonyl (C=O) groups is 2. The van der Waals surface area contributed by atoms with Crippen LogP contribution in [0.25, 0.3) is 0 Å². The number of thiophene rings is 1. The van der Waals surface area contributed by atoms with Crippen molar-refractivity contribution in [2.45, 2.75) is 26.4 Å². The van der Waals surface area contributed by atoms with Crippen LogP contribution in [-0.2, 0) is 17.9 Å². The first-order valence-electron chi connectivity index (χ1n) is 9.95. The summed E-state index contributed by atoms with van der Waals surface area (Å²) in [7, 11) is 0. The zero-order chi connectivity index (χ0) is 21.3.